The molecule has 0 bridgehead atoms. The number of carboxylic acids is 2. The number of ether oxygens (including phenoxy) is 3. The van der Waals surface area contributed by atoms with E-state index in [1.807, 2.05) is 17.2 Å². The summed E-state index contributed by atoms with van der Waals surface area (Å²) < 4.78 is 19.0. The number of benzene rings is 1. The number of unbranched alkanes of at least 4 members (excludes halogenated alkanes) is 2. The van der Waals surface area contributed by atoms with E-state index in [1.54, 1.807) is 7.11 Å². The van der Waals surface area contributed by atoms with Gasteiger partial charge in [0.25, 0.3) is 0 Å². The van der Waals surface area contributed by atoms with E-state index in [4.69, 9.17) is 35.9 Å². The predicted molar refractivity (Wildman–Crippen MR) is 235 cm³/mol. The average Bonchev–Trinajstić information content (AvgIpc) is 3.65. The van der Waals surface area contributed by atoms with Crippen molar-refractivity contribution in [2.45, 2.75) is 69.8 Å². The summed E-state index contributed by atoms with van der Waals surface area (Å²) in [7, 11) is 1.68. The summed E-state index contributed by atoms with van der Waals surface area (Å²) in [6.07, 6.45) is 5.03. The Labute approximate surface area is 365 Å². The van der Waals surface area contributed by atoms with Gasteiger partial charge in [-0.25, -0.2) is 4.98 Å². The molecule has 0 aliphatic carbocycles. The van der Waals surface area contributed by atoms with E-state index in [-0.39, 0.29) is 69.3 Å². The third-order valence-corrected chi connectivity index (χ3v) is 11.4. The molecule has 0 radical (unpaired) electrons. The Morgan fingerprint density at radius 1 is 0.903 bits per heavy atom. The van der Waals surface area contributed by atoms with Gasteiger partial charge in [0.15, 0.2) is 5.82 Å². The van der Waals surface area contributed by atoms with Crippen molar-refractivity contribution >= 4 is 64.2 Å². The molecule has 0 saturated carbocycles. The van der Waals surface area contributed by atoms with Crippen molar-refractivity contribution in [1.82, 2.24) is 35.0 Å². The van der Waals surface area contributed by atoms with Gasteiger partial charge in [0.1, 0.15) is 17.3 Å². The normalized spacial score (nSPS) is 14.0. The highest BCUT2D eigenvalue weighted by Crippen LogP contribution is 2.28. The van der Waals surface area contributed by atoms with E-state index >= 15 is 0 Å². The van der Waals surface area contributed by atoms with Crippen LogP contribution in [0.3, 0.4) is 0 Å². The molecule has 3 amide bonds. The first-order valence-electron chi connectivity index (χ1n) is 20.9. The number of fused-ring (bicyclic) bond motifs is 1. The number of anilines is 2. The van der Waals surface area contributed by atoms with Crippen molar-refractivity contribution in [2.75, 3.05) is 96.2 Å². The van der Waals surface area contributed by atoms with Crippen LogP contribution in [0.15, 0.2) is 30.5 Å². The number of carboxylic acid groups (broad SMARTS) is 2. The van der Waals surface area contributed by atoms with Crippen LogP contribution in [-0.4, -0.2) is 161 Å². The fourth-order valence-corrected chi connectivity index (χ4v) is 7.73. The molecule has 4 rings (SSSR count). The number of aromatic nitrogens is 3. The number of nitrogen functional groups attached to an aromatic ring is 1. The van der Waals surface area contributed by atoms with Gasteiger partial charge in [-0.2, -0.15) is 4.98 Å². The molecule has 20 nitrogen and oxygen atoms in total. The largest absolute Gasteiger partial charge is 0.496 e. The van der Waals surface area contributed by atoms with Crippen molar-refractivity contribution in [3.05, 3.63) is 41.6 Å². The predicted octanol–water partition coefficient (Wildman–Crippen LogP) is 1.35. The summed E-state index contributed by atoms with van der Waals surface area (Å²) in [6, 6.07) is 7.02. The smallest absolute Gasteiger partial charge is 0.321 e. The van der Waals surface area contributed by atoms with Gasteiger partial charge in [0.2, 0.25) is 23.7 Å². The van der Waals surface area contributed by atoms with Gasteiger partial charge in [-0.1, -0.05) is 31.9 Å². The lowest BCUT2D eigenvalue weighted by molar-refractivity contribution is -0.138. The number of nitrogens with zero attached hydrogens (tertiary/aromatic N) is 5. The van der Waals surface area contributed by atoms with E-state index in [1.165, 1.54) is 0 Å². The maximum Gasteiger partial charge on any atom is 0.321 e. The first-order valence-corrected chi connectivity index (χ1v) is 22.0. The monoisotopic (exact) mass is 886 g/mol. The number of thioether (sulfide) groups is 1. The second-order valence-corrected chi connectivity index (χ2v) is 16.0. The number of carbonyl (C=O) groups is 5. The number of rotatable bonds is 29. The van der Waals surface area contributed by atoms with Gasteiger partial charge in [-0.05, 0) is 24.1 Å². The zero-order valence-electron chi connectivity index (χ0n) is 35.6. The lowest BCUT2D eigenvalue weighted by Gasteiger charge is -2.35. The Morgan fingerprint density at radius 2 is 1.66 bits per heavy atom. The topological polar surface area (TPSA) is 279 Å². The fraction of sp³-hybridized carbons (Fsp3) is 0.585. The highest BCUT2D eigenvalue weighted by Gasteiger charge is 2.25. The van der Waals surface area contributed by atoms with Crippen LogP contribution in [0.5, 0.6) is 5.75 Å². The van der Waals surface area contributed by atoms with Crippen LogP contribution < -0.4 is 32.2 Å². The van der Waals surface area contributed by atoms with Gasteiger partial charge < -0.3 is 61.3 Å². The van der Waals surface area contributed by atoms with Crippen LogP contribution in [0, 0.1) is 0 Å². The van der Waals surface area contributed by atoms with Crippen LogP contribution in [-0.2, 0) is 46.5 Å². The summed E-state index contributed by atoms with van der Waals surface area (Å²) in [5, 5.41) is 25.5. The molecule has 1 aliphatic heterocycles. The Balaban J connectivity index is 1.07. The van der Waals surface area contributed by atoms with Crippen molar-refractivity contribution < 1.29 is 48.4 Å². The standard InChI is InChI=1S/C41H62N10O10S/c1-3-4-5-11-45-38-37-31(47-41(43)48-38)9-14-51(37)26-29-7-6-28(23-32(29)59-2)25-49-15-17-50(18-16-49)35(53)10-19-60-21-22-61-20-13-44-34(52)8-12-46-39(56)33(24-36(54)55)62-27-30(42)40(57)58/h6-7,9,14,23,30,33H,3-5,8,10-13,15-22,24-27,42H2,1-2H3,(H,44,52)(H,46,56)(H,54,55)(H,57,58)(H3,43,45,47,48). The molecule has 1 fully saturated rings. The molecule has 3 aromatic rings. The lowest BCUT2D eigenvalue weighted by atomic mass is 10.1. The van der Waals surface area contributed by atoms with Gasteiger partial charge in [-0.15, -0.1) is 11.8 Å². The van der Waals surface area contributed by atoms with Crippen LogP contribution in [0.25, 0.3) is 11.0 Å². The SMILES string of the molecule is CCCCCNc1nc(N)nc2ccn(Cc3ccc(CN4CCN(C(=O)CCOCCOCCNC(=O)CCNC(=O)C(CC(=O)O)SCC(N)C(=O)O)CC4)cc3OC)c12. The van der Waals surface area contributed by atoms with E-state index in [0.29, 0.717) is 26.2 Å². The van der Waals surface area contributed by atoms with E-state index in [9.17, 15) is 24.0 Å². The van der Waals surface area contributed by atoms with Gasteiger partial charge in [0, 0.05) is 76.3 Å². The molecule has 2 unspecified atom stereocenters. The number of nitrogens with one attached hydrogen (secondary N) is 3. The quantitative estimate of drug-likeness (QED) is 0.0485. The van der Waals surface area contributed by atoms with Gasteiger partial charge in [0.05, 0.1) is 63.7 Å². The lowest BCUT2D eigenvalue weighted by Crippen LogP contribution is -2.48. The summed E-state index contributed by atoms with van der Waals surface area (Å²) in [6.45, 7) is 8.34. The second kappa shape index (κ2) is 26.3. The zero-order chi connectivity index (χ0) is 44.9. The zero-order valence-corrected chi connectivity index (χ0v) is 36.5. The summed E-state index contributed by atoms with van der Waals surface area (Å²) in [5.41, 5.74) is 15.3. The fourth-order valence-electron chi connectivity index (χ4n) is 6.66. The van der Waals surface area contributed by atoms with Crippen LogP contribution >= 0.6 is 11.8 Å². The molecule has 2 aromatic heterocycles. The average molecular weight is 887 g/mol. The van der Waals surface area contributed by atoms with Crippen LogP contribution in [0.4, 0.5) is 11.8 Å². The molecule has 1 aromatic carbocycles. The molecule has 2 atom stereocenters. The molecule has 9 N–H and O–H groups in total. The number of amides is 3. The first-order chi connectivity index (χ1) is 29.9. The summed E-state index contributed by atoms with van der Waals surface area (Å²) in [4.78, 5) is 72.5. The Morgan fingerprint density at radius 3 is 2.37 bits per heavy atom. The van der Waals surface area contributed by atoms with Gasteiger partial charge >= 0.3 is 11.9 Å². The van der Waals surface area contributed by atoms with Crippen molar-refractivity contribution in [2.24, 2.45) is 5.73 Å². The number of piperazine rings is 1. The highest BCUT2D eigenvalue weighted by molar-refractivity contribution is 8.00. The number of aliphatic carboxylic acids is 2. The number of hydrogen-bond donors (Lipinski definition) is 7. The second-order valence-electron chi connectivity index (χ2n) is 14.8. The highest BCUT2D eigenvalue weighted by atomic mass is 32.2. The van der Waals surface area contributed by atoms with E-state index in [2.05, 4.69) is 60.5 Å². The first kappa shape index (κ1) is 49.4. The molecule has 1 aliphatic rings. The third kappa shape index (κ3) is 16.6. The Kier molecular flexibility index (Phi) is 21.0. The molecule has 0 spiro atoms. The molecule has 62 heavy (non-hydrogen) atoms. The molecule has 21 heteroatoms. The minimum absolute atomic E-state index is 0.0268. The van der Waals surface area contributed by atoms with Crippen molar-refractivity contribution in [3.8, 4) is 5.75 Å². The number of nitrogens with two attached hydrogens (primary N) is 2. The summed E-state index contributed by atoms with van der Waals surface area (Å²) in [5.74, 6) is -1.76. The van der Waals surface area contributed by atoms with Crippen LogP contribution in [0.1, 0.15) is 56.6 Å². The van der Waals surface area contributed by atoms with E-state index in [0.717, 1.165) is 90.9 Å². The molecular weight excluding hydrogens is 825 g/mol. The maximum absolute atomic E-state index is 12.9. The summed E-state index contributed by atoms with van der Waals surface area (Å²) >= 11 is 0.836. The number of carbonyl (C=O) groups excluding carboxylic acids is 3. The van der Waals surface area contributed by atoms with Crippen molar-refractivity contribution in [1.29, 1.82) is 0 Å². The molecular formula is C41H62N10O10S. The molecule has 1 saturated heterocycles. The minimum atomic E-state index is -1.26. The van der Waals surface area contributed by atoms with E-state index < -0.39 is 35.6 Å². The third-order valence-electron chi connectivity index (χ3n) is 10.0. The van der Waals surface area contributed by atoms with Gasteiger partial charge in [-0.3, -0.25) is 28.9 Å². The molecule has 3 heterocycles. The van der Waals surface area contributed by atoms with Crippen LogP contribution in [0.2, 0.25) is 0 Å². The molecule has 342 valence electrons. The Bertz CT molecular complexity index is 1930. The number of hydrogen-bond acceptors (Lipinski definition) is 15. The Hall–Kier alpha value is -5.22. The minimum Gasteiger partial charge on any atom is -0.496 e. The van der Waals surface area contributed by atoms with Crippen molar-refractivity contribution in [3.63, 3.8) is 0 Å². The number of methoxy groups -OCH3 is 1. The maximum atomic E-state index is 12.9.